The van der Waals surface area contributed by atoms with E-state index in [1.54, 1.807) is 11.6 Å². The third-order valence-corrected chi connectivity index (χ3v) is 4.45. The van der Waals surface area contributed by atoms with Crippen LogP contribution in [0.4, 0.5) is 4.39 Å². The Morgan fingerprint density at radius 2 is 2.06 bits per heavy atom. The predicted molar refractivity (Wildman–Crippen MR) is 65.4 cm³/mol. The van der Waals surface area contributed by atoms with Crippen LogP contribution in [-0.4, -0.2) is 19.7 Å². The third kappa shape index (κ3) is 2.37. The molecule has 2 aromatic rings. The highest BCUT2D eigenvalue weighted by molar-refractivity contribution is 7.90. The van der Waals surface area contributed by atoms with Crippen molar-refractivity contribution < 1.29 is 12.8 Å². The highest BCUT2D eigenvalue weighted by atomic mass is 32.2. The quantitative estimate of drug-likeness (QED) is 0.843. The van der Waals surface area contributed by atoms with E-state index in [2.05, 4.69) is 4.98 Å². The van der Waals surface area contributed by atoms with Crippen molar-refractivity contribution >= 4 is 21.2 Å². The number of aromatic nitrogens is 1. The lowest BCUT2D eigenvalue weighted by Crippen LogP contribution is -2.00. The number of hydrogen-bond donors (Lipinski definition) is 0. The zero-order valence-electron chi connectivity index (χ0n) is 9.27. The summed E-state index contributed by atoms with van der Waals surface area (Å²) in [4.78, 5) is 4.65. The van der Waals surface area contributed by atoms with Gasteiger partial charge in [-0.1, -0.05) is 6.07 Å². The zero-order chi connectivity index (χ0) is 12.6. The summed E-state index contributed by atoms with van der Waals surface area (Å²) in [5.41, 5.74) is 3.13. The van der Waals surface area contributed by atoms with Crippen LogP contribution in [0.2, 0.25) is 0 Å². The van der Waals surface area contributed by atoms with Gasteiger partial charge in [0.1, 0.15) is 10.7 Å². The molecule has 0 aliphatic rings. The minimum atomic E-state index is -3.52. The molecule has 0 aliphatic heterocycles. The molecule has 0 N–H and O–H groups in total. The Balaban J connectivity index is 2.56. The number of aryl methyl sites for hydroxylation is 1. The number of sulfone groups is 1. The van der Waals surface area contributed by atoms with Gasteiger partial charge in [0.15, 0.2) is 9.84 Å². The molecule has 6 heteroatoms. The lowest BCUT2D eigenvalue weighted by atomic mass is 10.1. The summed E-state index contributed by atoms with van der Waals surface area (Å²) in [6, 6.07) is 4.12. The second-order valence-electron chi connectivity index (χ2n) is 3.68. The van der Waals surface area contributed by atoms with Gasteiger partial charge < -0.3 is 0 Å². The Morgan fingerprint density at radius 3 is 2.53 bits per heavy atom. The lowest BCUT2D eigenvalue weighted by molar-refractivity contribution is 0.571. The van der Waals surface area contributed by atoms with Crippen molar-refractivity contribution in [2.45, 2.75) is 11.8 Å². The van der Waals surface area contributed by atoms with Gasteiger partial charge in [-0.3, -0.25) is 0 Å². The molecule has 1 aromatic carbocycles. The minimum absolute atomic E-state index is 0.275. The van der Waals surface area contributed by atoms with Gasteiger partial charge in [0, 0.05) is 6.26 Å². The molecule has 90 valence electrons. The number of hydrogen-bond acceptors (Lipinski definition) is 4. The van der Waals surface area contributed by atoms with E-state index in [1.807, 2.05) is 6.92 Å². The topological polar surface area (TPSA) is 47.0 Å². The van der Waals surface area contributed by atoms with E-state index in [-0.39, 0.29) is 4.90 Å². The van der Waals surface area contributed by atoms with E-state index < -0.39 is 15.7 Å². The van der Waals surface area contributed by atoms with Crippen LogP contribution >= 0.6 is 11.3 Å². The average Bonchev–Trinajstić information content (AvgIpc) is 2.62. The molecule has 0 fully saturated rings. The molecule has 0 unspecified atom stereocenters. The summed E-state index contributed by atoms with van der Waals surface area (Å²) < 4.78 is 36.2. The van der Waals surface area contributed by atoms with Gasteiger partial charge in [0.25, 0.3) is 0 Å². The van der Waals surface area contributed by atoms with E-state index in [0.29, 0.717) is 5.56 Å². The van der Waals surface area contributed by atoms with E-state index in [4.69, 9.17) is 0 Å². The monoisotopic (exact) mass is 271 g/mol. The molecular formula is C11H10FNO2S2. The van der Waals surface area contributed by atoms with Crippen molar-refractivity contribution in [1.82, 2.24) is 4.98 Å². The molecule has 1 aromatic heterocycles. The van der Waals surface area contributed by atoms with Crippen LogP contribution in [0, 0.1) is 12.7 Å². The highest BCUT2D eigenvalue weighted by Crippen LogP contribution is 2.29. The first-order valence-corrected chi connectivity index (χ1v) is 7.57. The zero-order valence-corrected chi connectivity index (χ0v) is 10.9. The molecule has 0 atom stereocenters. The van der Waals surface area contributed by atoms with Crippen molar-refractivity contribution in [3.8, 4) is 10.4 Å². The second-order valence-corrected chi connectivity index (χ2v) is 6.52. The Hall–Kier alpha value is -1.27. The van der Waals surface area contributed by atoms with Gasteiger partial charge in [-0.2, -0.15) is 0 Å². The fourth-order valence-corrected chi connectivity index (χ4v) is 3.05. The van der Waals surface area contributed by atoms with E-state index in [9.17, 15) is 12.8 Å². The predicted octanol–water partition coefficient (Wildman–Crippen LogP) is 2.66. The van der Waals surface area contributed by atoms with Gasteiger partial charge in [0.05, 0.1) is 16.1 Å². The Morgan fingerprint density at radius 1 is 1.35 bits per heavy atom. The molecule has 0 saturated heterocycles. The first-order valence-electron chi connectivity index (χ1n) is 4.79. The van der Waals surface area contributed by atoms with Crippen LogP contribution in [0.5, 0.6) is 0 Å². The van der Waals surface area contributed by atoms with Gasteiger partial charge in [-0.05, 0) is 24.6 Å². The van der Waals surface area contributed by atoms with Gasteiger partial charge in [-0.25, -0.2) is 17.8 Å². The summed E-state index contributed by atoms with van der Waals surface area (Å²) in [7, 11) is -3.52. The third-order valence-electron chi connectivity index (χ3n) is 2.34. The van der Waals surface area contributed by atoms with E-state index in [1.165, 1.54) is 23.5 Å². The van der Waals surface area contributed by atoms with Crippen molar-refractivity contribution in [2.75, 3.05) is 6.26 Å². The van der Waals surface area contributed by atoms with Gasteiger partial charge in [0.2, 0.25) is 0 Å². The van der Waals surface area contributed by atoms with Crippen molar-refractivity contribution in [3.05, 3.63) is 35.2 Å². The Bertz CT molecular complexity index is 662. The average molecular weight is 271 g/mol. The summed E-state index contributed by atoms with van der Waals surface area (Å²) in [6.07, 6.45) is 0.989. The molecule has 0 amide bonds. The SMILES string of the molecule is Cc1ncsc1-c1ccc(S(C)(=O)=O)c(F)c1. The first-order chi connectivity index (χ1) is 7.89. The van der Waals surface area contributed by atoms with Crippen LogP contribution in [0.15, 0.2) is 28.6 Å². The van der Waals surface area contributed by atoms with Crippen molar-refractivity contribution in [1.29, 1.82) is 0 Å². The smallest absolute Gasteiger partial charge is 0.178 e. The number of nitrogens with zero attached hydrogens (tertiary/aromatic N) is 1. The van der Waals surface area contributed by atoms with Gasteiger partial charge in [-0.15, -0.1) is 11.3 Å². The maximum atomic E-state index is 13.7. The summed E-state index contributed by atoms with van der Waals surface area (Å²) in [5.74, 6) is -0.724. The number of rotatable bonds is 2. The maximum Gasteiger partial charge on any atom is 0.178 e. The molecule has 0 saturated carbocycles. The highest BCUT2D eigenvalue weighted by Gasteiger charge is 2.15. The molecule has 0 bridgehead atoms. The fourth-order valence-electron chi connectivity index (χ4n) is 1.52. The maximum absolute atomic E-state index is 13.7. The molecule has 1 heterocycles. The van der Waals surface area contributed by atoms with Gasteiger partial charge >= 0.3 is 0 Å². The van der Waals surface area contributed by atoms with E-state index >= 15 is 0 Å². The lowest BCUT2D eigenvalue weighted by Gasteiger charge is -2.03. The summed E-state index contributed by atoms with van der Waals surface area (Å²) in [6.45, 7) is 1.83. The summed E-state index contributed by atoms with van der Waals surface area (Å²) >= 11 is 1.40. The largest absolute Gasteiger partial charge is 0.249 e. The number of thiazole rings is 1. The molecule has 3 nitrogen and oxygen atoms in total. The number of benzene rings is 1. The first kappa shape index (κ1) is 12.2. The number of halogens is 1. The second kappa shape index (κ2) is 4.19. The standard InChI is InChI=1S/C11H10FNO2S2/c1-7-11(16-6-13-7)8-3-4-10(9(12)5-8)17(2,14)15/h3-6H,1-2H3. The Labute approximate surface area is 103 Å². The van der Waals surface area contributed by atoms with Crippen molar-refractivity contribution in [2.24, 2.45) is 0 Å². The molecule has 0 radical (unpaired) electrons. The van der Waals surface area contributed by atoms with Crippen LogP contribution in [-0.2, 0) is 9.84 Å². The molecule has 0 aliphatic carbocycles. The minimum Gasteiger partial charge on any atom is -0.249 e. The summed E-state index contributed by atoms with van der Waals surface area (Å²) in [5, 5.41) is 0. The molecule has 0 spiro atoms. The Kier molecular flexibility index (Phi) is 3.01. The fraction of sp³-hybridized carbons (Fsp3) is 0.182. The van der Waals surface area contributed by atoms with Crippen LogP contribution in [0.1, 0.15) is 5.69 Å². The van der Waals surface area contributed by atoms with Crippen LogP contribution in [0.25, 0.3) is 10.4 Å². The molecule has 17 heavy (non-hydrogen) atoms. The normalized spacial score (nSPS) is 11.7. The molecular weight excluding hydrogens is 261 g/mol. The van der Waals surface area contributed by atoms with Crippen LogP contribution < -0.4 is 0 Å². The molecule has 2 rings (SSSR count). The van der Waals surface area contributed by atoms with Crippen molar-refractivity contribution in [3.63, 3.8) is 0 Å². The van der Waals surface area contributed by atoms with E-state index in [0.717, 1.165) is 16.8 Å². The van der Waals surface area contributed by atoms with Crippen LogP contribution in [0.3, 0.4) is 0 Å².